The van der Waals surface area contributed by atoms with E-state index in [1.165, 1.54) is 0 Å². The highest BCUT2D eigenvalue weighted by Gasteiger charge is 2.39. The van der Waals surface area contributed by atoms with Gasteiger partial charge in [0, 0.05) is 0 Å². The first kappa shape index (κ1) is 10.9. The van der Waals surface area contributed by atoms with Gasteiger partial charge in [-0.1, -0.05) is 34.2 Å². The highest BCUT2D eigenvalue weighted by molar-refractivity contribution is 7.06. The Bertz CT molecular complexity index is 142. The van der Waals surface area contributed by atoms with Gasteiger partial charge in [-0.05, 0) is 18.0 Å². The quantitative estimate of drug-likeness (QED) is 0.598. The van der Waals surface area contributed by atoms with Crippen molar-refractivity contribution in [2.45, 2.75) is 52.2 Å². The van der Waals surface area contributed by atoms with Gasteiger partial charge in [0.2, 0.25) is 0 Å². The second-order valence-corrected chi connectivity index (χ2v) is 9.73. The second-order valence-electron chi connectivity index (χ2n) is 4.15. The van der Waals surface area contributed by atoms with Gasteiger partial charge in [-0.25, -0.2) is 0 Å². The largest absolute Gasteiger partial charge is 0.306 e. The maximum absolute atomic E-state index is 11.4. The van der Waals surface area contributed by atoms with Gasteiger partial charge in [0.1, 0.15) is 13.5 Å². The molecule has 66 valence electrons. The van der Waals surface area contributed by atoms with Crippen molar-refractivity contribution in [3.05, 3.63) is 0 Å². The van der Waals surface area contributed by atoms with Crippen molar-refractivity contribution in [3.8, 4) is 0 Å². The summed E-state index contributed by atoms with van der Waals surface area (Å²) in [5.74, 6) is 0. The predicted octanol–water partition coefficient (Wildman–Crippen LogP) is 3.01. The van der Waals surface area contributed by atoms with Gasteiger partial charge in [-0.3, -0.25) is 0 Å². The Hall–Kier alpha value is -0.113. The zero-order valence-electron chi connectivity index (χ0n) is 8.56. The van der Waals surface area contributed by atoms with Crippen LogP contribution in [0.1, 0.15) is 34.6 Å². The maximum atomic E-state index is 11.4. The Morgan fingerprint density at radius 2 is 1.36 bits per heavy atom. The molecular weight excluding hydrogens is 152 g/mol. The molecule has 0 fully saturated rings. The molecule has 0 spiro atoms. The molecule has 0 N–H and O–H groups in total. The van der Waals surface area contributed by atoms with Crippen LogP contribution in [0.25, 0.3) is 0 Å². The van der Waals surface area contributed by atoms with E-state index >= 15 is 0 Å². The summed E-state index contributed by atoms with van der Waals surface area (Å²) in [5.41, 5.74) is 1.14. The van der Waals surface area contributed by atoms with Gasteiger partial charge < -0.3 is 4.79 Å². The number of carbonyl (C=O) groups is 1. The lowest BCUT2D eigenvalue weighted by atomic mass is 10.5. The maximum Gasteiger partial charge on any atom is 0.134 e. The van der Waals surface area contributed by atoms with E-state index in [1.54, 1.807) is 6.92 Å². The summed E-state index contributed by atoms with van der Waals surface area (Å²) in [5, 5.41) is 0.447. The Morgan fingerprint density at radius 1 is 1.09 bits per heavy atom. The predicted molar refractivity (Wildman–Crippen MR) is 52.5 cm³/mol. The topological polar surface area (TPSA) is 17.1 Å². The molecule has 0 aliphatic carbocycles. The molecule has 0 bridgehead atoms. The first-order valence-electron chi connectivity index (χ1n) is 4.34. The molecule has 2 heteroatoms. The Labute approximate surface area is 71.2 Å². The highest BCUT2D eigenvalue weighted by atomic mass is 28.3. The molecule has 0 saturated heterocycles. The first-order valence-corrected chi connectivity index (χ1v) is 7.00. The monoisotopic (exact) mass is 172 g/mol. The fraction of sp³-hybridized carbons (Fsp3) is 0.889. The van der Waals surface area contributed by atoms with E-state index in [1.807, 2.05) is 0 Å². The lowest BCUT2D eigenvalue weighted by Crippen LogP contribution is -2.45. The molecule has 0 radical (unpaired) electrons. The summed E-state index contributed by atoms with van der Waals surface area (Å²) in [4.78, 5) is 11.4. The van der Waals surface area contributed by atoms with Crippen LogP contribution in [0.2, 0.25) is 17.6 Å². The standard InChI is InChI=1S/C9H20OSi/c1-7(2)11(6,8(3)4)9(5)10/h7-8H,1-6H3. The van der Waals surface area contributed by atoms with Crippen LogP contribution in [0, 0.1) is 0 Å². The van der Waals surface area contributed by atoms with Crippen LogP contribution in [0.4, 0.5) is 0 Å². The van der Waals surface area contributed by atoms with Crippen LogP contribution in [0.5, 0.6) is 0 Å². The van der Waals surface area contributed by atoms with Crippen LogP contribution in [-0.4, -0.2) is 13.5 Å². The molecule has 0 aromatic carbocycles. The van der Waals surface area contributed by atoms with Crippen LogP contribution < -0.4 is 0 Å². The third-order valence-corrected chi connectivity index (χ3v) is 9.47. The smallest absolute Gasteiger partial charge is 0.134 e. The zero-order chi connectivity index (χ0) is 9.23. The number of hydrogen-bond donors (Lipinski definition) is 0. The van der Waals surface area contributed by atoms with Gasteiger partial charge in [0.15, 0.2) is 0 Å². The Balaban J connectivity index is 4.67. The average Bonchev–Trinajstić information content (AvgIpc) is 1.84. The first-order chi connectivity index (χ1) is 4.83. The van der Waals surface area contributed by atoms with E-state index in [0.717, 1.165) is 0 Å². The fourth-order valence-electron chi connectivity index (χ4n) is 1.48. The molecule has 1 nitrogen and oxygen atoms in total. The minimum absolute atomic E-state index is 0.447. The van der Waals surface area contributed by atoms with Gasteiger partial charge in [-0.2, -0.15) is 0 Å². The molecule has 0 atom stereocenters. The molecule has 0 unspecified atom stereocenters. The highest BCUT2D eigenvalue weighted by Crippen LogP contribution is 2.32. The van der Waals surface area contributed by atoms with E-state index < -0.39 is 8.07 Å². The fourth-order valence-corrected chi connectivity index (χ4v) is 4.44. The molecule has 0 amide bonds. The van der Waals surface area contributed by atoms with E-state index in [2.05, 4.69) is 34.2 Å². The molecule has 0 aromatic rings. The van der Waals surface area contributed by atoms with E-state index in [-0.39, 0.29) is 0 Å². The second kappa shape index (κ2) is 3.52. The van der Waals surface area contributed by atoms with Gasteiger partial charge in [0.25, 0.3) is 0 Å². The van der Waals surface area contributed by atoms with Crippen molar-refractivity contribution in [3.63, 3.8) is 0 Å². The van der Waals surface area contributed by atoms with Crippen LogP contribution in [0.3, 0.4) is 0 Å². The SMILES string of the molecule is CC(=O)[Si](C)(C(C)C)C(C)C. The summed E-state index contributed by atoms with van der Waals surface area (Å²) < 4.78 is 0. The summed E-state index contributed by atoms with van der Waals surface area (Å²) in [6.07, 6.45) is 0. The summed E-state index contributed by atoms with van der Waals surface area (Å²) in [6.45, 7) is 12.7. The van der Waals surface area contributed by atoms with E-state index in [4.69, 9.17) is 0 Å². The molecule has 11 heavy (non-hydrogen) atoms. The molecular formula is C9H20OSi. The number of hydrogen-bond acceptors (Lipinski definition) is 1. The zero-order valence-corrected chi connectivity index (χ0v) is 9.56. The number of rotatable bonds is 3. The van der Waals surface area contributed by atoms with E-state index in [0.29, 0.717) is 16.5 Å². The molecule has 0 aliphatic rings. The number of carbonyl (C=O) groups excluding carboxylic acids is 1. The van der Waals surface area contributed by atoms with E-state index in [9.17, 15) is 4.79 Å². The molecule has 0 aromatic heterocycles. The van der Waals surface area contributed by atoms with Crippen LogP contribution >= 0.6 is 0 Å². The summed E-state index contributed by atoms with van der Waals surface area (Å²) in [7, 11) is -1.62. The molecule has 0 saturated carbocycles. The van der Waals surface area contributed by atoms with Crippen LogP contribution in [-0.2, 0) is 4.79 Å². The average molecular weight is 172 g/mol. The van der Waals surface area contributed by atoms with Crippen molar-refractivity contribution in [2.75, 3.05) is 0 Å². The van der Waals surface area contributed by atoms with Crippen molar-refractivity contribution < 1.29 is 4.79 Å². The third kappa shape index (κ3) is 1.92. The van der Waals surface area contributed by atoms with Crippen LogP contribution in [0.15, 0.2) is 0 Å². The van der Waals surface area contributed by atoms with Crippen molar-refractivity contribution in [1.82, 2.24) is 0 Å². The minimum atomic E-state index is -1.62. The summed E-state index contributed by atoms with van der Waals surface area (Å²) in [6, 6.07) is 0. The lowest BCUT2D eigenvalue weighted by Gasteiger charge is -2.32. The van der Waals surface area contributed by atoms with Gasteiger partial charge in [-0.15, -0.1) is 0 Å². The molecule has 0 rings (SSSR count). The van der Waals surface area contributed by atoms with Crippen molar-refractivity contribution in [2.24, 2.45) is 0 Å². The normalized spacial score (nSPS) is 12.7. The lowest BCUT2D eigenvalue weighted by molar-refractivity contribution is -0.111. The van der Waals surface area contributed by atoms with Crippen molar-refractivity contribution >= 4 is 13.5 Å². The minimum Gasteiger partial charge on any atom is -0.306 e. The molecule has 0 aliphatic heterocycles. The van der Waals surface area contributed by atoms with Gasteiger partial charge >= 0.3 is 0 Å². The summed E-state index contributed by atoms with van der Waals surface area (Å²) >= 11 is 0. The third-order valence-electron chi connectivity index (χ3n) is 3.16. The van der Waals surface area contributed by atoms with Crippen molar-refractivity contribution in [1.29, 1.82) is 0 Å². The Kier molecular flexibility index (Phi) is 3.49. The molecule has 0 heterocycles. The van der Waals surface area contributed by atoms with Gasteiger partial charge in [0.05, 0.1) is 0 Å². The Morgan fingerprint density at radius 3 is 1.36 bits per heavy atom.